The van der Waals surface area contributed by atoms with Crippen molar-refractivity contribution in [3.63, 3.8) is 0 Å². The molecule has 0 rings (SSSR count). The highest BCUT2D eigenvalue weighted by molar-refractivity contribution is 5.69. The summed E-state index contributed by atoms with van der Waals surface area (Å²) in [6.07, 6.45) is 2.40. The van der Waals surface area contributed by atoms with Crippen LogP contribution in [0.4, 0.5) is 0 Å². The van der Waals surface area contributed by atoms with E-state index < -0.39 is 0 Å². The molecular weight excluding hydrogens is 214 g/mol. The van der Waals surface area contributed by atoms with Crippen LogP contribution in [0.2, 0.25) is 0 Å². The number of nitrogens with two attached hydrogens (primary N) is 1. The second-order valence-corrected chi connectivity index (χ2v) is 5.56. The third-order valence-corrected chi connectivity index (χ3v) is 3.46. The molecule has 3 heteroatoms. The molecule has 0 heterocycles. The van der Waals surface area contributed by atoms with Crippen LogP contribution in [0.3, 0.4) is 0 Å². The fourth-order valence-corrected chi connectivity index (χ4v) is 1.73. The Kier molecular flexibility index (Phi) is 8.23. The Morgan fingerprint density at radius 2 is 1.65 bits per heavy atom. The molecule has 0 aromatic heterocycles. The maximum atomic E-state index is 11.6. The van der Waals surface area contributed by atoms with Gasteiger partial charge in [0.15, 0.2) is 0 Å². The first kappa shape index (κ1) is 16.4. The van der Waals surface area contributed by atoms with Crippen LogP contribution in [0.15, 0.2) is 0 Å². The molecule has 3 nitrogen and oxygen atoms in total. The minimum atomic E-state index is -0.0751. The molecule has 0 aromatic rings. The molecule has 0 fully saturated rings. The standard InChI is InChI=1S/C14H29NO2/c1-10(2)12(5)17-14(16)7-6-13(8-9-15)11(3)4/h10-13H,6-9,15H2,1-5H3. The molecule has 0 aliphatic heterocycles. The van der Waals surface area contributed by atoms with Crippen LogP contribution in [0.25, 0.3) is 0 Å². The molecule has 102 valence electrons. The molecule has 2 N–H and O–H groups in total. The van der Waals surface area contributed by atoms with Crippen molar-refractivity contribution in [1.29, 1.82) is 0 Å². The summed E-state index contributed by atoms with van der Waals surface area (Å²) in [4.78, 5) is 11.6. The van der Waals surface area contributed by atoms with Gasteiger partial charge in [-0.2, -0.15) is 0 Å². The fourth-order valence-electron chi connectivity index (χ4n) is 1.73. The van der Waals surface area contributed by atoms with Gasteiger partial charge in [-0.3, -0.25) is 4.79 Å². The normalized spacial score (nSPS) is 15.1. The van der Waals surface area contributed by atoms with E-state index in [9.17, 15) is 4.79 Å². The van der Waals surface area contributed by atoms with Crippen LogP contribution in [0, 0.1) is 17.8 Å². The van der Waals surface area contributed by atoms with Crippen molar-refractivity contribution < 1.29 is 9.53 Å². The van der Waals surface area contributed by atoms with E-state index in [2.05, 4.69) is 27.7 Å². The van der Waals surface area contributed by atoms with Gasteiger partial charge in [-0.15, -0.1) is 0 Å². The highest BCUT2D eigenvalue weighted by atomic mass is 16.5. The number of carbonyl (C=O) groups excluding carboxylic acids is 1. The van der Waals surface area contributed by atoms with Gasteiger partial charge in [0, 0.05) is 6.42 Å². The topological polar surface area (TPSA) is 52.3 Å². The number of carbonyl (C=O) groups is 1. The zero-order valence-electron chi connectivity index (χ0n) is 12.0. The number of rotatable bonds is 8. The first-order valence-corrected chi connectivity index (χ1v) is 6.78. The molecule has 0 aromatic carbocycles. The minimum absolute atomic E-state index is 0.00880. The number of hydrogen-bond donors (Lipinski definition) is 1. The molecule has 2 unspecified atom stereocenters. The molecular formula is C14H29NO2. The smallest absolute Gasteiger partial charge is 0.306 e. The number of ether oxygens (including phenoxy) is 1. The zero-order chi connectivity index (χ0) is 13.4. The predicted molar refractivity (Wildman–Crippen MR) is 71.6 cm³/mol. The molecule has 0 aliphatic rings. The lowest BCUT2D eigenvalue weighted by Crippen LogP contribution is -2.21. The van der Waals surface area contributed by atoms with Gasteiger partial charge in [0.1, 0.15) is 6.10 Å². The summed E-state index contributed by atoms with van der Waals surface area (Å²) >= 11 is 0. The monoisotopic (exact) mass is 243 g/mol. The number of esters is 1. The van der Waals surface area contributed by atoms with Crippen LogP contribution >= 0.6 is 0 Å². The molecule has 0 aliphatic carbocycles. The van der Waals surface area contributed by atoms with Gasteiger partial charge in [0.05, 0.1) is 0 Å². The van der Waals surface area contributed by atoms with Crippen molar-refractivity contribution >= 4 is 5.97 Å². The van der Waals surface area contributed by atoms with E-state index in [-0.39, 0.29) is 12.1 Å². The summed E-state index contributed by atoms with van der Waals surface area (Å²) in [6, 6.07) is 0. The Hall–Kier alpha value is -0.570. The number of hydrogen-bond acceptors (Lipinski definition) is 3. The Morgan fingerprint density at radius 1 is 1.06 bits per heavy atom. The average molecular weight is 243 g/mol. The van der Waals surface area contributed by atoms with Crippen LogP contribution in [-0.2, 0) is 9.53 Å². The molecule has 0 bridgehead atoms. The van der Waals surface area contributed by atoms with Crippen molar-refractivity contribution in [2.75, 3.05) is 6.54 Å². The van der Waals surface area contributed by atoms with Crippen molar-refractivity contribution in [3.8, 4) is 0 Å². The highest BCUT2D eigenvalue weighted by Gasteiger charge is 2.17. The molecule has 0 amide bonds. The van der Waals surface area contributed by atoms with E-state index in [0.717, 1.165) is 12.8 Å². The molecule has 17 heavy (non-hydrogen) atoms. The van der Waals surface area contributed by atoms with Crippen LogP contribution in [0.5, 0.6) is 0 Å². The quantitative estimate of drug-likeness (QED) is 0.667. The van der Waals surface area contributed by atoms with Crippen molar-refractivity contribution in [2.24, 2.45) is 23.5 Å². The summed E-state index contributed by atoms with van der Waals surface area (Å²) in [7, 11) is 0. The zero-order valence-corrected chi connectivity index (χ0v) is 12.0. The highest BCUT2D eigenvalue weighted by Crippen LogP contribution is 2.21. The van der Waals surface area contributed by atoms with Crippen molar-refractivity contribution in [3.05, 3.63) is 0 Å². The van der Waals surface area contributed by atoms with Crippen LogP contribution < -0.4 is 5.73 Å². The predicted octanol–water partition coefficient (Wildman–Crippen LogP) is 2.98. The van der Waals surface area contributed by atoms with Gasteiger partial charge in [0.2, 0.25) is 0 Å². The Morgan fingerprint density at radius 3 is 2.06 bits per heavy atom. The molecule has 0 radical (unpaired) electrons. The van der Waals surface area contributed by atoms with E-state index in [1.807, 2.05) is 6.92 Å². The van der Waals surface area contributed by atoms with Crippen molar-refractivity contribution in [1.82, 2.24) is 0 Å². The maximum absolute atomic E-state index is 11.6. The van der Waals surface area contributed by atoms with Crippen LogP contribution in [-0.4, -0.2) is 18.6 Å². The molecule has 0 saturated carbocycles. The van der Waals surface area contributed by atoms with Gasteiger partial charge in [-0.25, -0.2) is 0 Å². The van der Waals surface area contributed by atoms with Crippen LogP contribution in [0.1, 0.15) is 53.9 Å². The third kappa shape index (κ3) is 7.37. The average Bonchev–Trinajstić information content (AvgIpc) is 2.23. The minimum Gasteiger partial charge on any atom is -0.462 e. The second-order valence-electron chi connectivity index (χ2n) is 5.56. The lowest BCUT2D eigenvalue weighted by molar-refractivity contribution is -0.150. The summed E-state index contributed by atoms with van der Waals surface area (Å²) in [5, 5.41) is 0. The fraction of sp³-hybridized carbons (Fsp3) is 0.929. The first-order valence-electron chi connectivity index (χ1n) is 6.78. The lowest BCUT2D eigenvalue weighted by atomic mass is 9.88. The van der Waals surface area contributed by atoms with E-state index in [1.165, 1.54) is 0 Å². The van der Waals surface area contributed by atoms with Gasteiger partial charge >= 0.3 is 5.97 Å². The van der Waals surface area contributed by atoms with E-state index in [1.54, 1.807) is 0 Å². The summed E-state index contributed by atoms with van der Waals surface area (Å²) in [6.45, 7) is 11.1. The summed E-state index contributed by atoms with van der Waals surface area (Å²) < 4.78 is 5.35. The SMILES string of the molecule is CC(C)C(CCN)CCC(=O)OC(C)C(C)C. The summed E-state index contributed by atoms with van der Waals surface area (Å²) in [5.74, 6) is 1.41. The molecule has 0 saturated heterocycles. The second kappa shape index (κ2) is 8.51. The third-order valence-electron chi connectivity index (χ3n) is 3.46. The molecule has 0 spiro atoms. The van der Waals surface area contributed by atoms with Gasteiger partial charge in [-0.05, 0) is 44.1 Å². The lowest BCUT2D eigenvalue weighted by Gasteiger charge is -2.21. The van der Waals surface area contributed by atoms with E-state index in [4.69, 9.17) is 10.5 Å². The molecule has 2 atom stereocenters. The van der Waals surface area contributed by atoms with E-state index in [0.29, 0.717) is 30.7 Å². The largest absolute Gasteiger partial charge is 0.462 e. The van der Waals surface area contributed by atoms with Gasteiger partial charge in [-0.1, -0.05) is 27.7 Å². The van der Waals surface area contributed by atoms with Crippen molar-refractivity contribution in [2.45, 2.75) is 60.0 Å². The maximum Gasteiger partial charge on any atom is 0.306 e. The Bertz CT molecular complexity index is 214. The van der Waals surface area contributed by atoms with E-state index >= 15 is 0 Å². The summed E-state index contributed by atoms with van der Waals surface area (Å²) in [5.41, 5.74) is 5.58. The Balaban J connectivity index is 3.96. The van der Waals surface area contributed by atoms with Gasteiger partial charge < -0.3 is 10.5 Å². The first-order chi connectivity index (χ1) is 7.88. The van der Waals surface area contributed by atoms with Gasteiger partial charge in [0.25, 0.3) is 0 Å². The Labute approximate surface area is 106 Å².